The number of nitrogens with zero attached hydrogens (tertiary/aromatic N) is 1. The minimum absolute atomic E-state index is 0.162. The number of carbonyl (C=O) groups is 1. The number of carboxylic acids is 1. The number of aromatic carboxylic acids is 1. The molecule has 0 atom stereocenters. The molecular formula is C13H10N4O3. The van der Waals surface area contributed by atoms with E-state index in [1.165, 1.54) is 12.3 Å². The highest BCUT2D eigenvalue weighted by Crippen LogP contribution is 2.21. The van der Waals surface area contributed by atoms with Gasteiger partial charge in [-0.05, 0) is 18.2 Å². The Balaban J connectivity index is 2.00. The first kappa shape index (κ1) is 12.0. The van der Waals surface area contributed by atoms with Crippen molar-refractivity contribution in [3.63, 3.8) is 0 Å². The molecule has 100 valence electrons. The number of rotatable bonds is 3. The molecule has 2 heterocycles. The Kier molecular flexibility index (Phi) is 2.72. The van der Waals surface area contributed by atoms with Gasteiger partial charge in [0.25, 0.3) is 0 Å². The number of H-pyrrole nitrogens is 2. The van der Waals surface area contributed by atoms with Crippen molar-refractivity contribution in [3.05, 3.63) is 52.6 Å². The van der Waals surface area contributed by atoms with Crippen molar-refractivity contribution >= 4 is 28.5 Å². The number of imidazole rings is 1. The summed E-state index contributed by atoms with van der Waals surface area (Å²) in [7, 11) is 0. The molecule has 0 aliphatic heterocycles. The van der Waals surface area contributed by atoms with Crippen LogP contribution in [0.25, 0.3) is 11.2 Å². The van der Waals surface area contributed by atoms with Crippen LogP contribution in [0, 0.1) is 0 Å². The van der Waals surface area contributed by atoms with E-state index in [1.807, 2.05) is 0 Å². The largest absolute Gasteiger partial charge is 0.478 e. The molecule has 7 heteroatoms. The number of nitrogens with one attached hydrogen (secondary N) is 3. The Bertz CT molecular complexity index is 850. The highest BCUT2D eigenvalue weighted by Gasteiger charge is 2.09. The van der Waals surface area contributed by atoms with Crippen LogP contribution < -0.4 is 11.0 Å². The van der Waals surface area contributed by atoms with E-state index in [4.69, 9.17) is 5.11 Å². The molecule has 3 rings (SSSR count). The van der Waals surface area contributed by atoms with Crippen molar-refractivity contribution in [1.29, 1.82) is 0 Å². The molecule has 0 radical (unpaired) electrons. The molecule has 4 N–H and O–H groups in total. The molecule has 0 bridgehead atoms. The van der Waals surface area contributed by atoms with Crippen LogP contribution in [0.2, 0.25) is 0 Å². The topological polar surface area (TPSA) is 111 Å². The molecule has 3 aromatic rings. The Morgan fingerprint density at radius 1 is 1.25 bits per heavy atom. The molecule has 7 nitrogen and oxygen atoms in total. The smallest absolute Gasteiger partial charge is 0.337 e. The number of pyridine rings is 1. The monoisotopic (exact) mass is 270 g/mol. The molecule has 0 amide bonds. The normalized spacial score (nSPS) is 10.6. The molecule has 0 fully saturated rings. The maximum atomic E-state index is 11.2. The summed E-state index contributed by atoms with van der Waals surface area (Å²) in [6.07, 6.45) is 1.52. The lowest BCUT2D eigenvalue weighted by Crippen LogP contribution is -2.02. The van der Waals surface area contributed by atoms with Crippen molar-refractivity contribution in [2.75, 3.05) is 5.32 Å². The third-order valence-corrected chi connectivity index (χ3v) is 2.80. The van der Waals surface area contributed by atoms with E-state index in [0.29, 0.717) is 22.5 Å². The highest BCUT2D eigenvalue weighted by atomic mass is 16.4. The number of hydrogen-bond donors (Lipinski definition) is 4. The van der Waals surface area contributed by atoms with Gasteiger partial charge in [-0.15, -0.1) is 0 Å². The fourth-order valence-corrected chi connectivity index (χ4v) is 1.92. The van der Waals surface area contributed by atoms with Crippen LogP contribution in [0.5, 0.6) is 0 Å². The van der Waals surface area contributed by atoms with Crippen molar-refractivity contribution in [3.8, 4) is 0 Å². The first-order chi connectivity index (χ1) is 9.63. The Morgan fingerprint density at radius 2 is 2.05 bits per heavy atom. The zero-order valence-electron chi connectivity index (χ0n) is 10.2. The van der Waals surface area contributed by atoms with Gasteiger partial charge in [0.05, 0.1) is 28.7 Å². The van der Waals surface area contributed by atoms with E-state index in [0.717, 1.165) is 0 Å². The van der Waals surface area contributed by atoms with E-state index in [1.54, 1.807) is 24.3 Å². The summed E-state index contributed by atoms with van der Waals surface area (Å²) in [5, 5.41) is 12.1. The third kappa shape index (κ3) is 2.12. The van der Waals surface area contributed by atoms with E-state index >= 15 is 0 Å². The average molecular weight is 270 g/mol. The second kappa shape index (κ2) is 4.54. The quantitative estimate of drug-likeness (QED) is 0.578. The number of fused-ring (bicyclic) bond motifs is 1. The zero-order chi connectivity index (χ0) is 14.1. The van der Waals surface area contributed by atoms with Gasteiger partial charge in [-0.25, -0.2) is 14.6 Å². The number of carboxylic acid groups (broad SMARTS) is 1. The van der Waals surface area contributed by atoms with Crippen LogP contribution in [-0.4, -0.2) is 26.0 Å². The summed E-state index contributed by atoms with van der Waals surface area (Å²) in [4.78, 5) is 31.5. The number of para-hydroxylation sites is 1. The van der Waals surface area contributed by atoms with Gasteiger partial charge in [0.15, 0.2) is 5.65 Å². The second-order valence-corrected chi connectivity index (χ2v) is 4.18. The van der Waals surface area contributed by atoms with E-state index in [2.05, 4.69) is 20.3 Å². The fraction of sp³-hybridized carbons (Fsp3) is 0. The van der Waals surface area contributed by atoms with Gasteiger partial charge in [-0.2, -0.15) is 0 Å². The standard InChI is InChI=1S/C13H10N4O3/c18-12(19)8-3-1-2-4-9(8)15-7-5-10-11(14-6-7)17-13(20)16-10/h1-6,15H,(H,18,19)(H2,14,16,17,20). The lowest BCUT2D eigenvalue weighted by atomic mass is 10.2. The predicted molar refractivity (Wildman–Crippen MR) is 73.4 cm³/mol. The first-order valence-electron chi connectivity index (χ1n) is 5.81. The summed E-state index contributed by atoms with van der Waals surface area (Å²) >= 11 is 0. The van der Waals surface area contributed by atoms with Gasteiger partial charge < -0.3 is 15.4 Å². The third-order valence-electron chi connectivity index (χ3n) is 2.80. The Hall–Kier alpha value is -3.09. The van der Waals surface area contributed by atoms with Gasteiger partial charge in [-0.1, -0.05) is 12.1 Å². The molecule has 0 spiro atoms. The average Bonchev–Trinajstić information content (AvgIpc) is 2.78. The molecule has 0 unspecified atom stereocenters. The maximum Gasteiger partial charge on any atom is 0.337 e. The fourth-order valence-electron chi connectivity index (χ4n) is 1.92. The minimum Gasteiger partial charge on any atom is -0.478 e. The summed E-state index contributed by atoms with van der Waals surface area (Å²) in [6.45, 7) is 0. The number of aromatic amines is 2. The van der Waals surface area contributed by atoms with Crippen LogP contribution in [0.15, 0.2) is 41.3 Å². The molecule has 0 saturated heterocycles. The van der Waals surface area contributed by atoms with Gasteiger partial charge in [-0.3, -0.25) is 4.98 Å². The van der Waals surface area contributed by atoms with Crippen molar-refractivity contribution < 1.29 is 9.90 Å². The van der Waals surface area contributed by atoms with Gasteiger partial charge in [0, 0.05) is 0 Å². The summed E-state index contributed by atoms with van der Waals surface area (Å²) in [5.41, 5.74) is 1.87. The first-order valence-corrected chi connectivity index (χ1v) is 5.81. The van der Waals surface area contributed by atoms with E-state index in [-0.39, 0.29) is 11.3 Å². The van der Waals surface area contributed by atoms with Crippen LogP contribution >= 0.6 is 0 Å². The maximum absolute atomic E-state index is 11.2. The summed E-state index contributed by atoms with van der Waals surface area (Å²) in [5.74, 6) is -1.02. The molecular weight excluding hydrogens is 260 g/mol. The van der Waals surface area contributed by atoms with Crippen molar-refractivity contribution in [2.24, 2.45) is 0 Å². The highest BCUT2D eigenvalue weighted by molar-refractivity contribution is 5.95. The van der Waals surface area contributed by atoms with Gasteiger partial charge >= 0.3 is 11.7 Å². The van der Waals surface area contributed by atoms with Crippen LogP contribution in [0.1, 0.15) is 10.4 Å². The summed E-state index contributed by atoms with van der Waals surface area (Å²) in [6, 6.07) is 8.24. The van der Waals surface area contributed by atoms with Gasteiger partial charge in [0.2, 0.25) is 0 Å². The Labute approximate surface area is 112 Å². The Morgan fingerprint density at radius 3 is 2.85 bits per heavy atom. The lowest BCUT2D eigenvalue weighted by molar-refractivity contribution is 0.0698. The number of aromatic nitrogens is 3. The van der Waals surface area contributed by atoms with Crippen molar-refractivity contribution in [1.82, 2.24) is 15.0 Å². The molecule has 0 aliphatic carbocycles. The number of anilines is 2. The minimum atomic E-state index is -1.02. The predicted octanol–water partition coefficient (Wildman–Crippen LogP) is 1.69. The molecule has 1 aromatic carbocycles. The van der Waals surface area contributed by atoms with Crippen LogP contribution in [0.3, 0.4) is 0 Å². The molecule has 2 aromatic heterocycles. The van der Waals surface area contributed by atoms with Crippen LogP contribution in [-0.2, 0) is 0 Å². The zero-order valence-corrected chi connectivity index (χ0v) is 10.2. The SMILES string of the molecule is O=C(O)c1ccccc1Nc1cnc2[nH]c(=O)[nH]c2c1. The van der Waals surface area contributed by atoms with Crippen molar-refractivity contribution in [2.45, 2.75) is 0 Å². The number of benzene rings is 1. The number of hydrogen-bond acceptors (Lipinski definition) is 4. The van der Waals surface area contributed by atoms with E-state index < -0.39 is 5.97 Å². The second-order valence-electron chi connectivity index (χ2n) is 4.18. The lowest BCUT2D eigenvalue weighted by Gasteiger charge is -2.08. The molecule has 0 saturated carbocycles. The van der Waals surface area contributed by atoms with Gasteiger partial charge in [0.1, 0.15) is 0 Å². The molecule has 20 heavy (non-hydrogen) atoms. The summed E-state index contributed by atoms with van der Waals surface area (Å²) < 4.78 is 0. The molecule has 0 aliphatic rings. The van der Waals surface area contributed by atoms with Crippen LogP contribution in [0.4, 0.5) is 11.4 Å². The van der Waals surface area contributed by atoms with E-state index in [9.17, 15) is 9.59 Å².